The van der Waals surface area contributed by atoms with Gasteiger partial charge in [-0.05, 0) is 84.5 Å². The van der Waals surface area contributed by atoms with E-state index in [-0.39, 0.29) is 29.4 Å². The van der Waals surface area contributed by atoms with Crippen molar-refractivity contribution in [1.82, 2.24) is 19.4 Å². The van der Waals surface area contributed by atoms with Gasteiger partial charge >= 0.3 is 5.69 Å². The SMILES string of the molecule is C=CC(=O)N1CCN(c2nc(=O)n(-c3c(C)ccnc3C(C)C)c3cc(-c4cc(O)cc5ccccc45)c(/C=C\C)c(O)c23)[C@@H](C)C1. The molecule has 5 aromatic rings. The molecule has 2 N–H and O–H groups in total. The zero-order valence-corrected chi connectivity index (χ0v) is 27.4. The van der Waals surface area contributed by atoms with Crippen LogP contribution in [0.5, 0.6) is 11.5 Å². The lowest BCUT2D eigenvalue weighted by Crippen LogP contribution is -2.54. The minimum atomic E-state index is -0.507. The first-order valence-corrected chi connectivity index (χ1v) is 15.9. The summed E-state index contributed by atoms with van der Waals surface area (Å²) in [4.78, 5) is 39.9. The molecule has 1 atom stereocenters. The van der Waals surface area contributed by atoms with Crippen LogP contribution in [0.3, 0.4) is 0 Å². The predicted octanol–water partition coefficient (Wildman–Crippen LogP) is 6.70. The summed E-state index contributed by atoms with van der Waals surface area (Å²) < 4.78 is 1.56. The number of rotatable bonds is 6. The molecule has 9 nitrogen and oxygen atoms in total. The molecule has 0 spiro atoms. The lowest BCUT2D eigenvalue weighted by Gasteiger charge is -2.40. The van der Waals surface area contributed by atoms with E-state index in [4.69, 9.17) is 0 Å². The van der Waals surface area contributed by atoms with Crippen molar-refractivity contribution in [3.05, 3.63) is 101 Å². The minimum absolute atomic E-state index is 0.00703. The highest BCUT2D eigenvalue weighted by atomic mass is 16.3. The molecule has 1 saturated heterocycles. The Morgan fingerprint density at radius 2 is 1.85 bits per heavy atom. The number of phenols is 2. The number of carbonyl (C=O) groups is 1. The second kappa shape index (κ2) is 12.4. The molecule has 1 amide bonds. The molecule has 9 heteroatoms. The van der Waals surface area contributed by atoms with Crippen LogP contribution in [0.2, 0.25) is 0 Å². The van der Waals surface area contributed by atoms with E-state index in [1.807, 2.05) is 88.1 Å². The molecule has 3 heterocycles. The topological polar surface area (TPSA) is 112 Å². The van der Waals surface area contributed by atoms with Gasteiger partial charge in [-0.3, -0.25) is 14.3 Å². The van der Waals surface area contributed by atoms with Crippen molar-refractivity contribution in [2.45, 2.75) is 46.6 Å². The number of hydrogen-bond donors (Lipinski definition) is 2. The second-order valence-electron chi connectivity index (χ2n) is 12.4. The van der Waals surface area contributed by atoms with Crippen LogP contribution in [0.15, 0.2) is 78.3 Å². The first kappa shape index (κ1) is 31.5. The first-order chi connectivity index (χ1) is 22.5. The molecule has 0 unspecified atom stereocenters. The first-order valence-electron chi connectivity index (χ1n) is 15.9. The van der Waals surface area contributed by atoms with Crippen molar-refractivity contribution in [2.75, 3.05) is 24.5 Å². The van der Waals surface area contributed by atoms with Gasteiger partial charge in [0.05, 0.1) is 22.3 Å². The largest absolute Gasteiger partial charge is 0.508 e. The predicted molar refractivity (Wildman–Crippen MR) is 189 cm³/mol. The number of benzene rings is 3. The summed E-state index contributed by atoms with van der Waals surface area (Å²) in [6, 6.07) is 14.7. The van der Waals surface area contributed by atoms with Gasteiger partial charge in [0.15, 0.2) is 0 Å². The van der Waals surface area contributed by atoms with Crippen LogP contribution >= 0.6 is 0 Å². The Balaban J connectivity index is 1.76. The third kappa shape index (κ3) is 5.41. The summed E-state index contributed by atoms with van der Waals surface area (Å²) >= 11 is 0. The van der Waals surface area contributed by atoms with Crippen LogP contribution in [0.4, 0.5) is 5.82 Å². The maximum Gasteiger partial charge on any atom is 0.354 e. The molecule has 3 aromatic carbocycles. The van der Waals surface area contributed by atoms with E-state index in [0.717, 1.165) is 22.0 Å². The Kier molecular flexibility index (Phi) is 8.32. The Morgan fingerprint density at radius 1 is 1.09 bits per heavy atom. The Hall–Kier alpha value is -5.44. The smallest absolute Gasteiger partial charge is 0.354 e. The molecule has 0 aliphatic carbocycles. The van der Waals surface area contributed by atoms with Gasteiger partial charge in [-0.15, -0.1) is 0 Å². The molecule has 47 heavy (non-hydrogen) atoms. The van der Waals surface area contributed by atoms with Gasteiger partial charge in [0.1, 0.15) is 17.3 Å². The summed E-state index contributed by atoms with van der Waals surface area (Å²) in [5, 5.41) is 25.3. The minimum Gasteiger partial charge on any atom is -0.508 e. The van der Waals surface area contributed by atoms with Gasteiger partial charge in [0, 0.05) is 37.4 Å². The Bertz CT molecular complexity index is 2150. The number of anilines is 1. The zero-order chi connectivity index (χ0) is 33.6. The summed E-state index contributed by atoms with van der Waals surface area (Å²) in [7, 11) is 0. The second-order valence-corrected chi connectivity index (χ2v) is 12.4. The number of fused-ring (bicyclic) bond motifs is 2. The molecular formula is C38H39N5O4. The van der Waals surface area contributed by atoms with Crippen LogP contribution in [0.25, 0.3) is 44.6 Å². The molecule has 0 bridgehead atoms. The van der Waals surface area contributed by atoms with Crippen LogP contribution in [-0.2, 0) is 4.79 Å². The van der Waals surface area contributed by atoms with Crippen LogP contribution in [0, 0.1) is 6.92 Å². The van der Waals surface area contributed by atoms with Crippen LogP contribution in [0.1, 0.15) is 50.4 Å². The average Bonchev–Trinajstić information content (AvgIpc) is 3.05. The van der Waals surface area contributed by atoms with E-state index in [9.17, 15) is 19.8 Å². The maximum atomic E-state index is 14.4. The molecule has 1 aliphatic heterocycles. The highest BCUT2D eigenvalue weighted by Gasteiger charge is 2.31. The van der Waals surface area contributed by atoms with Gasteiger partial charge in [0.25, 0.3) is 0 Å². The van der Waals surface area contributed by atoms with Gasteiger partial charge < -0.3 is 20.0 Å². The fraction of sp³-hybridized carbons (Fsp3) is 0.263. The van der Waals surface area contributed by atoms with Gasteiger partial charge in [-0.2, -0.15) is 4.98 Å². The summed E-state index contributed by atoms with van der Waals surface area (Å²) in [5.74, 6) is 0.237. The van der Waals surface area contributed by atoms with Gasteiger partial charge in [0.2, 0.25) is 5.91 Å². The lowest BCUT2D eigenvalue weighted by molar-refractivity contribution is -0.126. The van der Waals surface area contributed by atoms with Crippen LogP contribution < -0.4 is 10.6 Å². The fourth-order valence-electron chi connectivity index (χ4n) is 6.75. The molecule has 2 aromatic heterocycles. The molecule has 6 rings (SSSR count). The van der Waals surface area contributed by atoms with E-state index < -0.39 is 5.69 Å². The molecule has 1 fully saturated rings. The number of aromatic hydroxyl groups is 2. The molecular weight excluding hydrogens is 590 g/mol. The third-order valence-electron chi connectivity index (χ3n) is 8.96. The summed E-state index contributed by atoms with van der Waals surface area (Å²) in [5.41, 5.74) is 4.03. The average molecular weight is 630 g/mol. The van der Waals surface area contributed by atoms with Crippen molar-refractivity contribution in [3.63, 3.8) is 0 Å². The van der Waals surface area contributed by atoms with E-state index in [2.05, 4.69) is 16.5 Å². The number of aromatic nitrogens is 3. The van der Waals surface area contributed by atoms with Crippen molar-refractivity contribution >= 4 is 39.5 Å². The number of pyridine rings is 1. The number of piperazine rings is 1. The highest BCUT2D eigenvalue weighted by Crippen LogP contribution is 2.45. The Morgan fingerprint density at radius 3 is 2.55 bits per heavy atom. The molecule has 1 aliphatic rings. The third-order valence-corrected chi connectivity index (χ3v) is 8.96. The van der Waals surface area contributed by atoms with Gasteiger partial charge in [-0.25, -0.2) is 4.79 Å². The zero-order valence-electron chi connectivity index (χ0n) is 27.4. The van der Waals surface area contributed by atoms with Crippen LogP contribution in [-0.4, -0.2) is 61.2 Å². The van der Waals surface area contributed by atoms with Crippen molar-refractivity contribution in [2.24, 2.45) is 0 Å². The highest BCUT2D eigenvalue weighted by molar-refractivity contribution is 6.07. The molecule has 240 valence electrons. The molecule has 0 saturated carbocycles. The van der Waals surface area contributed by atoms with E-state index in [1.165, 1.54) is 6.08 Å². The summed E-state index contributed by atoms with van der Waals surface area (Å²) in [6.45, 7) is 14.7. The fourth-order valence-corrected chi connectivity index (χ4v) is 6.75. The van der Waals surface area contributed by atoms with E-state index >= 15 is 0 Å². The van der Waals surface area contributed by atoms with Crippen molar-refractivity contribution in [3.8, 4) is 28.3 Å². The molecule has 0 radical (unpaired) electrons. The van der Waals surface area contributed by atoms with E-state index in [0.29, 0.717) is 58.7 Å². The number of phenolic OH excluding ortho intramolecular Hbond substituents is 2. The normalized spacial score (nSPS) is 15.3. The van der Waals surface area contributed by atoms with E-state index in [1.54, 1.807) is 27.8 Å². The van der Waals surface area contributed by atoms with Crippen molar-refractivity contribution in [1.29, 1.82) is 0 Å². The maximum absolute atomic E-state index is 14.4. The monoisotopic (exact) mass is 629 g/mol. The number of nitrogens with zero attached hydrogens (tertiary/aromatic N) is 5. The summed E-state index contributed by atoms with van der Waals surface area (Å²) in [6.07, 6.45) is 6.73. The quantitative estimate of drug-likeness (QED) is 0.201. The number of allylic oxidation sites excluding steroid dienone is 1. The number of carbonyl (C=O) groups excluding carboxylic acids is 1. The van der Waals surface area contributed by atoms with Gasteiger partial charge in [-0.1, -0.05) is 56.8 Å². The number of aryl methyl sites for hydroxylation is 1. The standard InChI is InChI=1S/C38H39N5O4/c1-7-11-28-30(29-19-26(44)18-25-12-9-10-13-27(25)29)20-31-33(36(28)46)37(42-17-16-41(21-24(42)6)32(45)8-2)40-38(47)43(31)35-23(5)14-15-39-34(35)22(3)4/h7-15,18-20,22,24,44,46H,2,16-17,21H2,1,3-6H3/b11-7-/t24-/m0/s1. The number of amides is 1. The lowest BCUT2D eigenvalue weighted by atomic mass is 9.91. The number of hydrogen-bond acceptors (Lipinski definition) is 7. The van der Waals surface area contributed by atoms with Crippen molar-refractivity contribution < 1.29 is 15.0 Å². The Labute approximate surface area is 273 Å².